The normalized spacial score (nSPS) is 28.5. The molecule has 3 fully saturated rings. The highest BCUT2D eigenvalue weighted by atomic mass is 16.5. The monoisotopic (exact) mass is 331 g/mol. The van der Waals surface area contributed by atoms with Crippen molar-refractivity contribution in [3.8, 4) is 0 Å². The van der Waals surface area contributed by atoms with Crippen LogP contribution in [-0.4, -0.2) is 69.1 Å². The van der Waals surface area contributed by atoms with Crippen molar-refractivity contribution in [1.82, 2.24) is 19.8 Å². The van der Waals surface area contributed by atoms with Crippen molar-refractivity contribution < 1.29 is 14.3 Å². The van der Waals surface area contributed by atoms with E-state index in [0.29, 0.717) is 44.0 Å². The number of ether oxygens (including phenoxy) is 1. The average Bonchev–Trinajstić information content (AvgIpc) is 3.18. The first-order valence-corrected chi connectivity index (χ1v) is 8.35. The third-order valence-corrected chi connectivity index (χ3v) is 4.98. The van der Waals surface area contributed by atoms with Gasteiger partial charge in [0.2, 0.25) is 11.9 Å². The lowest BCUT2D eigenvalue weighted by Gasteiger charge is -2.31. The molecule has 0 radical (unpaired) electrons. The Hall–Kier alpha value is -2.22. The largest absolute Gasteiger partial charge is 0.352 e. The molecular formula is C16H21N5O3. The number of amides is 2. The molecule has 128 valence electrons. The van der Waals surface area contributed by atoms with E-state index >= 15 is 0 Å². The average molecular weight is 331 g/mol. The Kier molecular flexibility index (Phi) is 3.45. The summed E-state index contributed by atoms with van der Waals surface area (Å²) in [5, 5.41) is 3.09. The van der Waals surface area contributed by atoms with Gasteiger partial charge < -0.3 is 19.9 Å². The van der Waals surface area contributed by atoms with E-state index in [1.807, 2.05) is 13.8 Å². The molecule has 3 aliphatic rings. The van der Waals surface area contributed by atoms with E-state index in [2.05, 4.69) is 15.3 Å². The van der Waals surface area contributed by atoms with E-state index in [9.17, 15) is 9.59 Å². The highest BCUT2D eigenvalue weighted by Gasteiger charge is 2.62. The fourth-order valence-corrected chi connectivity index (χ4v) is 3.97. The second kappa shape index (κ2) is 5.41. The van der Waals surface area contributed by atoms with Crippen molar-refractivity contribution >= 4 is 17.8 Å². The number of carbonyl (C=O) groups excluding carboxylic acids is 2. The second-order valence-electron chi connectivity index (χ2n) is 6.80. The van der Waals surface area contributed by atoms with Gasteiger partial charge in [0.15, 0.2) is 5.72 Å². The lowest BCUT2D eigenvalue weighted by atomic mass is 10.1. The van der Waals surface area contributed by atoms with Gasteiger partial charge in [-0.2, -0.15) is 0 Å². The molecule has 0 bridgehead atoms. The Morgan fingerprint density at radius 2 is 2.12 bits per heavy atom. The summed E-state index contributed by atoms with van der Waals surface area (Å²) in [6.45, 7) is 5.74. The summed E-state index contributed by atoms with van der Waals surface area (Å²) in [5.41, 5.74) is -0.169. The molecule has 0 unspecified atom stereocenters. The van der Waals surface area contributed by atoms with Crippen molar-refractivity contribution in [2.75, 3.05) is 25.0 Å². The van der Waals surface area contributed by atoms with Crippen LogP contribution in [0.3, 0.4) is 0 Å². The van der Waals surface area contributed by atoms with E-state index < -0.39 is 5.72 Å². The van der Waals surface area contributed by atoms with Gasteiger partial charge in [-0.3, -0.25) is 9.59 Å². The zero-order valence-electron chi connectivity index (χ0n) is 13.9. The van der Waals surface area contributed by atoms with Crippen molar-refractivity contribution in [1.29, 1.82) is 0 Å². The topological polar surface area (TPSA) is 87.7 Å². The van der Waals surface area contributed by atoms with Gasteiger partial charge in [-0.25, -0.2) is 9.97 Å². The van der Waals surface area contributed by atoms with Crippen LogP contribution in [0.15, 0.2) is 12.4 Å². The van der Waals surface area contributed by atoms with Gasteiger partial charge in [-0.15, -0.1) is 0 Å². The molecule has 3 saturated heterocycles. The fourth-order valence-electron chi connectivity index (χ4n) is 3.97. The van der Waals surface area contributed by atoms with Gasteiger partial charge in [-0.05, 0) is 13.8 Å². The summed E-state index contributed by atoms with van der Waals surface area (Å²) in [4.78, 5) is 37.0. The molecule has 1 aromatic rings. The Balaban J connectivity index is 1.54. The molecule has 2 amide bonds. The molecule has 3 aliphatic heterocycles. The predicted molar refractivity (Wildman–Crippen MR) is 85.2 cm³/mol. The first-order valence-electron chi connectivity index (χ1n) is 8.35. The van der Waals surface area contributed by atoms with Crippen LogP contribution < -0.4 is 5.32 Å². The Labute approximate surface area is 140 Å². The van der Waals surface area contributed by atoms with E-state index in [1.54, 1.807) is 9.80 Å². The SMILES string of the molecule is CC(C)Nc1ncc(C(=O)N2CC[C@@]34OCCN3C(=O)C[C@@H]24)cn1. The first kappa shape index (κ1) is 15.3. The summed E-state index contributed by atoms with van der Waals surface area (Å²) in [6, 6.07) is 0.00783. The summed E-state index contributed by atoms with van der Waals surface area (Å²) >= 11 is 0. The number of carbonyl (C=O) groups is 2. The molecule has 8 heteroatoms. The fraction of sp³-hybridized carbons (Fsp3) is 0.625. The van der Waals surface area contributed by atoms with Crippen LogP contribution >= 0.6 is 0 Å². The Bertz CT molecular complexity index is 677. The number of nitrogens with zero attached hydrogens (tertiary/aromatic N) is 4. The molecule has 1 N–H and O–H groups in total. The minimum absolute atomic E-state index is 0.0720. The number of hydrogen-bond donors (Lipinski definition) is 1. The van der Waals surface area contributed by atoms with Crippen molar-refractivity contribution in [3.05, 3.63) is 18.0 Å². The zero-order valence-corrected chi connectivity index (χ0v) is 13.9. The van der Waals surface area contributed by atoms with Crippen molar-refractivity contribution in [2.24, 2.45) is 0 Å². The van der Waals surface area contributed by atoms with Gasteiger partial charge in [0.05, 0.1) is 24.6 Å². The van der Waals surface area contributed by atoms with E-state index in [-0.39, 0.29) is 23.9 Å². The molecule has 1 spiro atoms. The van der Waals surface area contributed by atoms with Crippen molar-refractivity contribution in [3.63, 3.8) is 0 Å². The maximum absolute atomic E-state index is 12.9. The lowest BCUT2D eigenvalue weighted by Crippen LogP contribution is -2.48. The Morgan fingerprint density at radius 3 is 2.83 bits per heavy atom. The molecule has 1 aromatic heterocycles. The van der Waals surface area contributed by atoms with Crippen LogP contribution in [0.25, 0.3) is 0 Å². The van der Waals surface area contributed by atoms with Crippen LogP contribution in [-0.2, 0) is 9.53 Å². The maximum Gasteiger partial charge on any atom is 0.257 e. The minimum Gasteiger partial charge on any atom is -0.352 e. The van der Waals surface area contributed by atoms with Gasteiger partial charge in [-0.1, -0.05) is 0 Å². The zero-order chi connectivity index (χ0) is 16.9. The molecule has 4 heterocycles. The molecule has 24 heavy (non-hydrogen) atoms. The molecule has 2 atom stereocenters. The number of hydrogen-bond acceptors (Lipinski definition) is 6. The van der Waals surface area contributed by atoms with Crippen LogP contribution in [0.1, 0.15) is 37.0 Å². The van der Waals surface area contributed by atoms with E-state index in [1.165, 1.54) is 12.4 Å². The van der Waals surface area contributed by atoms with Gasteiger partial charge in [0.25, 0.3) is 5.91 Å². The van der Waals surface area contributed by atoms with E-state index in [0.717, 1.165) is 0 Å². The Morgan fingerprint density at radius 1 is 1.38 bits per heavy atom. The number of nitrogens with one attached hydrogen (secondary N) is 1. The summed E-state index contributed by atoms with van der Waals surface area (Å²) in [5.74, 6) is 0.432. The van der Waals surface area contributed by atoms with Crippen LogP contribution in [0.5, 0.6) is 0 Å². The van der Waals surface area contributed by atoms with Crippen molar-refractivity contribution in [2.45, 2.75) is 44.5 Å². The molecule has 8 nitrogen and oxygen atoms in total. The maximum atomic E-state index is 12.9. The molecule has 0 aromatic carbocycles. The van der Waals surface area contributed by atoms with Crippen LogP contribution in [0, 0.1) is 0 Å². The highest BCUT2D eigenvalue weighted by molar-refractivity contribution is 5.95. The molecule has 0 aliphatic carbocycles. The molecular weight excluding hydrogens is 310 g/mol. The van der Waals surface area contributed by atoms with Gasteiger partial charge in [0.1, 0.15) is 0 Å². The smallest absolute Gasteiger partial charge is 0.257 e. The highest BCUT2D eigenvalue weighted by Crippen LogP contribution is 2.45. The number of anilines is 1. The second-order valence-corrected chi connectivity index (χ2v) is 6.80. The number of aromatic nitrogens is 2. The summed E-state index contributed by atoms with van der Waals surface area (Å²) in [7, 11) is 0. The lowest BCUT2D eigenvalue weighted by molar-refractivity contribution is -0.136. The van der Waals surface area contributed by atoms with Gasteiger partial charge in [0, 0.05) is 37.9 Å². The number of rotatable bonds is 3. The number of likely N-dealkylation sites (tertiary alicyclic amines) is 1. The van der Waals surface area contributed by atoms with Gasteiger partial charge >= 0.3 is 0 Å². The standard InChI is InChI=1S/C16H21N5O3/c1-10(2)19-15-17-8-11(9-18-15)14(23)20-4-3-16-12(20)7-13(22)21(16)5-6-24-16/h8-10,12H,3-7H2,1-2H3,(H,17,18,19)/t12-,16+/m1/s1. The van der Waals surface area contributed by atoms with Crippen LogP contribution in [0.4, 0.5) is 5.95 Å². The van der Waals surface area contributed by atoms with Crippen LogP contribution in [0.2, 0.25) is 0 Å². The third-order valence-electron chi connectivity index (χ3n) is 4.98. The summed E-state index contributed by atoms with van der Waals surface area (Å²) < 4.78 is 5.91. The minimum atomic E-state index is -0.604. The molecule has 0 saturated carbocycles. The molecule has 4 rings (SSSR count). The predicted octanol–water partition coefficient (Wildman–Crippen LogP) is 0.470. The quantitative estimate of drug-likeness (QED) is 0.866. The third kappa shape index (κ3) is 2.16. The van der Waals surface area contributed by atoms with E-state index in [4.69, 9.17) is 4.74 Å². The summed E-state index contributed by atoms with van der Waals surface area (Å²) in [6.07, 6.45) is 4.08. The first-order chi connectivity index (χ1) is 11.5.